The molecule has 0 bridgehead atoms. The summed E-state index contributed by atoms with van der Waals surface area (Å²) in [7, 11) is 3.24. The monoisotopic (exact) mass is 210 g/mol. The molecule has 0 radical (unpaired) electrons. The van der Waals surface area contributed by atoms with E-state index in [4.69, 9.17) is 18.9 Å². The SMILES string of the molecule is COc1cccc(OC)c1C1OCCO1. The largest absolute Gasteiger partial charge is 0.496 e. The molecule has 0 aromatic heterocycles. The molecule has 0 spiro atoms. The Kier molecular flexibility index (Phi) is 3.08. The Labute approximate surface area is 88.7 Å². The molecule has 1 aliphatic rings. The lowest BCUT2D eigenvalue weighted by Gasteiger charge is -2.16. The van der Waals surface area contributed by atoms with Gasteiger partial charge >= 0.3 is 0 Å². The molecule has 0 saturated carbocycles. The molecule has 0 aliphatic carbocycles. The van der Waals surface area contributed by atoms with Crippen LogP contribution in [0.3, 0.4) is 0 Å². The summed E-state index contributed by atoms with van der Waals surface area (Å²) in [6.45, 7) is 1.21. The van der Waals surface area contributed by atoms with Gasteiger partial charge in [0.05, 0.1) is 33.0 Å². The molecule has 82 valence electrons. The van der Waals surface area contributed by atoms with Gasteiger partial charge in [0.2, 0.25) is 0 Å². The van der Waals surface area contributed by atoms with Crippen LogP contribution in [0.5, 0.6) is 11.5 Å². The van der Waals surface area contributed by atoms with Crippen molar-refractivity contribution in [2.75, 3.05) is 27.4 Å². The van der Waals surface area contributed by atoms with E-state index in [1.807, 2.05) is 18.2 Å². The summed E-state index contributed by atoms with van der Waals surface area (Å²) in [4.78, 5) is 0. The van der Waals surface area contributed by atoms with Crippen LogP contribution in [0.15, 0.2) is 18.2 Å². The van der Waals surface area contributed by atoms with Crippen molar-refractivity contribution in [3.8, 4) is 11.5 Å². The summed E-state index contributed by atoms with van der Waals surface area (Å²) in [5.74, 6) is 1.45. The van der Waals surface area contributed by atoms with Crippen molar-refractivity contribution in [3.05, 3.63) is 23.8 Å². The minimum atomic E-state index is -0.379. The molecule has 1 saturated heterocycles. The summed E-state index contributed by atoms with van der Waals surface area (Å²) >= 11 is 0. The third-order valence-electron chi connectivity index (χ3n) is 2.32. The predicted molar refractivity (Wildman–Crippen MR) is 54.2 cm³/mol. The maximum Gasteiger partial charge on any atom is 0.191 e. The standard InChI is InChI=1S/C11H14O4/c1-12-8-4-3-5-9(13-2)10(8)11-14-6-7-15-11/h3-5,11H,6-7H2,1-2H3. The van der Waals surface area contributed by atoms with Gasteiger partial charge in [-0.1, -0.05) is 6.07 Å². The van der Waals surface area contributed by atoms with Crippen LogP contribution in [0.2, 0.25) is 0 Å². The van der Waals surface area contributed by atoms with E-state index in [0.717, 1.165) is 17.1 Å². The lowest BCUT2D eigenvalue weighted by Crippen LogP contribution is -2.04. The number of rotatable bonds is 3. The second-order valence-corrected chi connectivity index (χ2v) is 3.15. The summed E-state index contributed by atoms with van der Waals surface area (Å²) in [5, 5.41) is 0. The average molecular weight is 210 g/mol. The molecule has 1 aliphatic heterocycles. The minimum absolute atomic E-state index is 0.379. The van der Waals surface area contributed by atoms with Gasteiger partial charge in [0, 0.05) is 0 Å². The van der Waals surface area contributed by atoms with E-state index in [2.05, 4.69) is 0 Å². The van der Waals surface area contributed by atoms with Gasteiger partial charge in [0.1, 0.15) is 11.5 Å². The lowest BCUT2D eigenvalue weighted by atomic mass is 10.1. The smallest absolute Gasteiger partial charge is 0.191 e. The number of benzene rings is 1. The first-order valence-electron chi connectivity index (χ1n) is 4.81. The van der Waals surface area contributed by atoms with E-state index in [9.17, 15) is 0 Å². The summed E-state index contributed by atoms with van der Waals surface area (Å²) in [5.41, 5.74) is 0.819. The van der Waals surface area contributed by atoms with Crippen molar-refractivity contribution in [1.82, 2.24) is 0 Å². The van der Waals surface area contributed by atoms with Gasteiger partial charge in [-0.15, -0.1) is 0 Å². The first kappa shape index (κ1) is 10.3. The zero-order valence-electron chi connectivity index (χ0n) is 8.86. The number of methoxy groups -OCH3 is 2. The third-order valence-corrected chi connectivity index (χ3v) is 2.32. The van der Waals surface area contributed by atoms with Crippen LogP contribution >= 0.6 is 0 Å². The fourth-order valence-electron chi connectivity index (χ4n) is 1.64. The molecule has 4 heteroatoms. The third kappa shape index (κ3) is 1.91. The average Bonchev–Trinajstić information content (AvgIpc) is 2.81. The van der Waals surface area contributed by atoms with E-state index in [1.165, 1.54) is 0 Å². The van der Waals surface area contributed by atoms with Crippen molar-refractivity contribution in [3.63, 3.8) is 0 Å². The Morgan fingerprint density at radius 2 is 1.60 bits per heavy atom. The lowest BCUT2D eigenvalue weighted by molar-refractivity contribution is -0.0468. The highest BCUT2D eigenvalue weighted by molar-refractivity contribution is 5.45. The van der Waals surface area contributed by atoms with E-state index >= 15 is 0 Å². The molecule has 1 fully saturated rings. The molecule has 0 unspecified atom stereocenters. The predicted octanol–water partition coefficient (Wildman–Crippen LogP) is 1.75. The van der Waals surface area contributed by atoms with Crippen LogP contribution in [-0.2, 0) is 9.47 Å². The summed E-state index contributed by atoms with van der Waals surface area (Å²) in [6.07, 6.45) is -0.379. The maximum atomic E-state index is 5.44. The molecule has 1 heterocycles. The summed E-state index contributed by atoms with van der Waals surface area (Å²) < 4.78 is 21.4. The molecule has 0 amide bonds. The van der Waals surface area contributed by atoms with Crippen molar-refractivity contribution in [2.24, 2.45) is 0 Å². The molecular formula is C11H14O4. The number of hydrogen-bond acceptors (Lipinski definition) is 4. The fraction of sp³-hybridized carbons (Fsp3) is 0.455. The molecule has 0 N–H and O–H groups in total. The second kappa shape index (κ2) is 4.51. The van der Waals surface area contributed by atoms with Gasteiger partial charge in [-0.25, -0.2) is 0 Å². The van der Waals surface area contributed by atoms with Gasteiger partial charge in [0.25, 0.3) is 0 Å². The first-order valence-corrected chi connectivity index (χ1v) is 4.81. The van der Waals surface area contributed by atoms with Crippen LogP contribution in [-0.4, -0.2) is 27.4 Å². The van der Waals surface area contributed by atoms with Gasteiger partial charge in [-0.05, 0) is 12.1 Å². The van der Waals surface area contributed by atoms with Crippen LogP contribution < -0.4 is 9.47 Å². The normalized spacial score (nSPS) is 16.7. The Morgan fingerprint density at radius 3 is 2.07 bits per heavy atom. The van der Waals surface area contributed by atoms with E-state index in [0.29, 0.717) is 13.2 Å². The molecule has 1 aromatic rings. The minimum Gasteiger partial charge on any atom is -0.496 e. The molecule has 0 atom stereocenters. The Hall–Kier alpha value is -1.26. The van der Waals surface area contributed by atoms with Crippen LogP contribution in [0, 0.1) is 0 Å². The molecular weight excluding hydrogens is 196 g/mol. The van der Waals surface area contributed by atoms with E-state index in [-0.39, 0.29) is 6.29 Å². The number of ether oxygens (including phenoxy) is 4. The van der Waals surface area contributed by atoms with E-state index < -0.39 is 0 Å². The van der Waals surface area contributed by atoms with Gasteiger partial charge in [-0.2, -0.15) is 0 Å². The van der Waals surface area contributed by atoms with E-state index in [1.54, 1.807) is 14.2 Å². The zero-order valence-corrected chi connectivity index (χ0v) is 8.86. The quantitative estimate of drug-likeness (QED) is 0.761. The Bertz CT molecular complexity index is 309. The fourth-order valence-corrected chi connectivity index (χ4v) is 1.64. The van der Waals surface area contributed by atoms with Gasteiger partial charge in [-0.3, -0.25) is 0 Å². The summed E-state index contributed by atoms with van der Waals surface area (Å²) in [6, 6.07) is 5.60. The van der Waals surface area contributed by atoms with Crippen molar-refractivity contribution < 1.29 is 18.9 Å². The van der Waals surface area contributed by atoms with Crippen molar-refractivity contribution >= 4 is 0 Å². The Morgan fingerprint density at radius 1 is 1.07 bits per heavy atom. The topological polar surface area (TPSA) is 36.9 Å². The molecule has 1 aromatic carbocycles. The van der Waals surface area contributed by atoms with Crippen LogP contribution in [0.1, 0.15) is 11.9 Å². The highest BCUT2D eigenvalue weighted by Crippen LogP contribution is 2.37. The highest BCUT2D eigenvalue weighted by atomic mass is 16.7. The van der Waals surface area contributed by atoms with Gasteiger partial charge in [0.15, 0.2) is 6.29 Å². The molecule has 2 rings (SSSR count). The second-order valence-electron chi connectivity index (χ2n) is 3.15. The van der Waals surface area contributed by atoms with Crippen LogP contribution in [0.25, 0.3) is 0 Å². The zero-order chi connectivity index (χ0) is 10.7. The van der Waals surface area contributed by atoms with Crippen molar-refractivity contribution in [1.29, 1.82) is 0 Å². The number of hydrogen-bond donors (Lipinski definition) is 0. The molecule has 15 heavy (non-hydrogen) atoms. The Balaban J connectivity index is 2.39. The maximum absolute atomic E-state index is 5.44. The van der Waals surface area contributed by atoms with Gasteiger partial charge < -0.3 is 18.9 Å². The highest BCUT2D eigenvalue weighted by Gasteiger charge is 2.25. The van der Waals surface area contributed by atoms with Crippen LogP contribution in [0.4, 0.5) is 0 Å². The van der Waals surface area contributed by atoms with Crippen molar-refractivity contribution in [2.45, 2.75) is 6.29 Å². The first-order chi connectivity index (χ1) is 7.36. The molecule has 4 nitrogen and oxygen atoms in total.